The van der Waals surface area contributed by atoms with Crippen LogP contribution in [0.15, 0.2) is 29.4 Å². The predicted molar refractivity (Wildman–Crippen MR) is 66.7 cm³/mol. The van der Waals surface area contributed by atoms with Gasteiger partial charge in [-0.1, -0.05) is 45.4 Å². The maximum Gasteiger partial charge on any atom is 0.273 e. The van der Waals surface area contributed by atoms with E-state index in [2.05, 4.69) is 31.2 Å². The van der Waals surface area contributed by atoms with Crippen molar-refractivity contribution in [1.82, 2.24) is 5.32 Å². The summed E-state index contributed by atoms with van der Waals surface area (Å²) in [6, 6.07) is 7.53. The van der Waals surface area contributed by atoms with Crippen molar-refractivity contribution in [3.05, 3.63) is 35.4 Å². The Balaban J connectivity index is 3.02. The van der Waals surface area contributed by atoms with Crippen LogP contribution in [0.3, 0.4) is 0 Å². The minimum absolute atomic E-state index is 0.270. The smallest absolute Gasteiger partial charge is 0.273 e. The molecule has 1 amide bonds. The first kappa shape index (κ1) is 12.7. The molecular weight excluding hydrogens is 272 g/mol. The third-order valence-electron chi connectivity index (χ3n) is 2.01. The molecule has 1 aromatic rings. The first-order chi connectivity index (χ1) is 7.72. The molecule has 0 aromatic heterocycles. The molecule has 1 N–H and O–H groups in total. The van der Waals surface area contributed by atoms with E-state index in [1.807, 2.05) is 24.3 Å². The molecule has 0 aliphatic heterocycles. The molecule has 0 heterocycles. The number of alkyl halides is 1. The Labute approximate surface area is 103 Å². The van der Waals surface area contributed by atoms with Crippen LogP contribution in [-0.2, 0) is 15.0 Å². The quantitative estimate of drug-likeness (QED) is 0.520. The van der Waals surface area contributed by atoms with Crippen LogP contribution in [0.2, 0.25) is 0 Å². The lowest BCUT2D eigenvalue weighted by molar-refractivity contribution is -0.114. The van der Waals surface area contributed by atoms with Crippen LogP contribution in [0, 0.1) is 0 Å². The van der Waals surface area contributed by atoms with Gasteiger partial charge in [0.15, 0.2) is 5.71 Å². The van der Waals surface area contributed by atoms with Crippen molar-refractivity contribution in [3.63, 3.8) is 0 Å². The topological polar surface area (TPSA) is 50.7 Å². The van der Waals surface area contributed by atoms with Gasteiger partial charge < -0.3 is 10.2 Å². The largest absolute Gasteiger partial charge is 0.398 e. The fraction of sp³-hybridized carbons (Fsp3) is 0.273. The monoisotopic (exact) mass is 284 g/mol. The maximum absolute atomic E-state index is 11.5. The number of rotatable bonds is 4. The Morgan fingerprint density at radius 3 is 2.50 bits per heavy atom. The lowest BCUT2D eigenvalue weighted by atomic mass is 10.1. The fourth-order valence-corrected chi connectivity index (χ4v) is 1.56. The molecule has 0 aliphatic rings. The van der Waals surface area contributed by atoms with E-state index in [0.29, 0.717) is 0 Å². The van der Waals surface area contributed by atoms with E-state index in [-0.39, 0.29) is 11.6 Å². The van der Waals surface area contributed by atoms with Gasteiger partial charge in [-0.05, 0) is 5.56 Å². The summed E-state index contributed by atoms with van der Waals surface area (Å²) in [5.74, 6) is -0.270. The Morgan fingerprint density at radius 2 is 2.06 bits per heavy atom. The van der Waals surface area contributed by atoms with Gasteiger partial charge in [0.25, 0.3) is 5.91 Å². The molecule has 16 heavy (non-hydrogen) atoms. The van der Waals surface area contributed by atoms with Crippen LogP contribution in [0.5, 0.6) is 0 Å². The molecule has 1 aromatic carbocycles. The molecule has 0 unspecified atom stereocenters. The highest BCUT2D eigenvalue weighted by molar-refractivity contribution is 9.08. The lowest BCUT2D eigenvalue weighted by Crippen LogP contribution is -2.28. The SMILES string of the molecule is CNC(=O)/C(=N\OC)c1ccc(CBr)cc1. The van der Waals surface area contributed by atoms with Crippen LogP contribution < -0.4 is 5.32 Å². The highest BCUT2D eigenvalue weighted by atomic mass is 79.9. The summed E-state index contributed by atoms with van der Waals surface area (Å²) < 4.78 is 0. The molecule has 0 aliphatic carbocycles. The summed E-state index contributed by atoms with van der Waals surface area (Å²) in [5, 5.41) is 7.01. The van der Waals surface area contributed by atoms with Gasteiger partial charge >= 0.3 is 0 Å². The number of amides is 1. The van der Waals surface area contributed by atoms with E-state index in [0.717, 1.165) is 16.5 Å². The molecule has 5 heteroatoms. The second kappa shape index (κ2) is 6.27. The highest BCUT2D eigenvalue weighted by Gasteiger charge is 2.12. The van der Waals surface area contributed by atoms with Crippen molar-refractivity contribution >= 4 is 27.5 Å². The molecule has 0 radical (unpaired) electrons. The van der Waals surface area contributed by atoms with Crippen LogP contribution in [0.25, 0.3) is 0 Å². The summed E-state index contributed by atoms with van der Waals surface area (Å²) in [5.41, 5.74) is 2.13. The Hall–Kier alpha value is -1.36. The summed E-state index contributed by atoms with van der Waals surface area (Å²) in [6.07, 6.45) is 0. The first-order valence-corrected chi connectivity index (χ1v) is 5.83. The van der Waals surface area contributed by atoms with E-state index < -0.39 is 0 Å². The zero-order valence-corrected chi connectivity index (χ0v) is 10.7. The van der Waals surface area contributed by atoms with Gasteiger partial charge in [0.05, 0.1) is 0 Å². The molecule has 0 atom stereocenters. The average Bonchev–Trinajstić information content (AvgIpc) is 2.35. The van der Waals surface area contributed by atoms with E-state index in [1.54, 1.807) is 7.05 Å². The second-order valence-corrected chi connectivity index (χ2v) is 3.59. The highest BCUT2D eigenvalue weighted by Crippen LogP contribution is 2.09. The van der Waals surface area contributed by atoms with Gasteiger partial charge in [0, 0.05) is 17.9 Å². The number of halogens is 1. The first-order valence-electron chi connectivity index (χ1n) is 4.71. The number of oxime groups is 1. The number of nitrogens with one attached hydrogen (secondary N) is 1. The van der Waals surface area contributed by atoms with Crippen molar-refractivity contribution in [1.29, 1.82) is 0 Å². The number of benzene rings is 1. The molecule has 0 fully saturated rings. The summed E-state index contributed by atoms with van der Waals surface area (Å²) >= 11 is 3.36. The van der Waals surface area contributed by atoms with Gasteiger partial charge in [-0.15, -0.1) is 0 Å². The minimum atomic E-state index is -0.270. The van der Waals surface area contributed by atoms with Gasteiger partial charge in [-0.3, -0.25) is 4.79 Å². The molecule has 0 spiro atoms. The Morgan fingerprint density at radius 1 is 1.44 bits per heavy atom. The van der Waals surface area contributed by atoms with Gasteiger partial charge in [0.2, 0.25) is 0 Å². The fourth-order valence-electron chi connectivity index (χ4n) is 1.19. The standard InChI is InChI=1S/C11H13BrN2O2/c1-13-11(15)10(14-16-2)9-5-3-8(7-12)4-6-9/h3-6H,7H2,1-2H3,(H,13,15)/b14-10-. The van der Waals surface area contributed by atoms with Gasteiger partial charge in [0.1, 0.15) is 7.11 Å². The van der Waals surface area contributed by atoms with Crippen molar-refractivity contribution in [2.75, 3.05) is 14.2 Å². The number of hydrogen-bond acceptors (Lipinski definition) is 3. The van der Waals surface area contributed by atoms with Crippen LogP contribution in [-0.4, -0.2) is 25.8 Å². The molecule has 86 valence electrons. The molecule has 0 bridgehead atoms. The number of carbonyl (C=O) groups is 1. The maximum atomic E-state index is 11.5. The number of hydrogen-bond donors (Lipinski definition) is 1. The minimum Gasteiger partial charge on any atom is -0.398 e. The van der Waals surface area contributed by atoms with Crippen molar-refractivity contribution in [2.45, 2.75) is 5.33 Å². The van der Waals surface area contributed by atoms with Crippen molar-refractivity contribution in [3.8, 4) is 0 Å². The van der Waals surface area contributed by atoms with Crippen LogP contribution >= 0.6 is 15.9 Å². The summed E-state index contributed by atoms with van der Waals surface area (Å²) in [6.45, 7) is 0. The zero-order valence-electron chi connectivity index (χ0n) is 9.16. The molecular formula is C11H13BrN2O2. The van der Waals surface area contributed by atoms with Crippen molar-refractivity contribution < 1.29 is 9.63 Å². The van der Waals surface area contributed by atoms with Crippen LogP contribution in [0.4, 0.5) is 0 Å². The van der Waals surface area contributed by atoms with Crippen molar-refractivity contribution in [2.24, 2.45) is 5.16 Å². The number of carbonyl (C=O) groups excluding carboxylic acids is 1. The number of likely N-dealkylation sites (N-methyl/N-ethyl adjacent to an activating group) is 1. The molecule has 0 saturated heterocycles. The zero-order chi connectivity index (χ0) is 12.0. The van der Waals surface area contributed by atoms with Crippen LogP contribution in [0.1, 0.15) is 11.1 Å². The van der Waals surface area contributed by atoms with E-state index in [1.165, 1.54) is 7.11 Å². The third kappa shape index (κ3) is 3.06. The summed E-state index contributed by atoms with van der Waals surface area (Å²) in [7, 11) is 2.97. The summed E-state index contributed by atoms with van der Waals surface area (Å²) in [4.78, 5) is 16.2. The molecule has 1 rings (SSSR count). The molecule has 4 nitrogen and oxygen atoms in total. The predicted octanol–water partition coefficient (Wildman–Crippen LogP) is 1.68. The lowest BCUT2D eigenvalue weighted by Gasteiger charge is -2.04. The van der Waals surface area contributed by atoms with E-state index in [4.69, 9.17) is 0 Å². The normalized spacial score (nSPS) is 11.1. The number of nitrogens with zero attached hydrogens (tertiary/aromatic N) is 1. The Bertz CT molecular complexity index is 387. The Kier molecular flexibility index (Phi) is 4.98. The van der Waals surface area contributed by atoms with E-state index >= 15 is 0 Å². The third-order valence-corrected chi connectivity index (χ3v) is 2.65. The molecule has 0 saturated carbocycles. The van der Waals surface area contributed by atoms with Gasteiger partial charge in [-0.25, -0.2) is 0 Å². The average molecular weight is 285 g/mol. The second-order valence-electron chi connectivity index (χ2n) is 3.03. The van der Waals surface area contributed by atoms with Gasteiger partial charge in [-0.2, -0.15) is 0 Å². The van der Waals surface area contributed by atoms with E-state index in [9.17, 15) is 4.79 Å².